The zero-order valence-corrected chi connectivity index (χ0v) is 12.3. The average Bonchev–Trinajstić information content (AvgIpc) is 2.41. The minimum atomic E-state index is -0.354. The van der Waals surface area contributed by atoms with E-state index in [0.29, 0.717) is 26.4 Å². The lowest BCUT2D eigenvalue weighted by atomic mass is 10.4. The van der Waals surface area contributed by atoms with Crippen molar-refractivity contribution < 1.29 is 23.7 Å². The molecule has 0 aromatic rings. The Labute approximate surface area is 116 Å². The molecule has 0 atom stereocenters. The van der Waals surface area contributed by atoms with Crippen LogP contribution in [0.25, 0.3) is 0 Å². The van der Waals surface area contributed by atoms with Crippen LogP contribution in [0.15, 0.2) is 0 Å². The summed E-state index contributed by atoms with van der Waals surface area (Å²) in [5.74, 6) is -0.354. The highest BCUT2D eigenvalue weighted by Crippen LogP contribution is 1.90. The average molecular weight is 276 g/mol. The summed E-state index contributed by atoms with van der Waals surface area (Å²) < 4.78 is 20.6. The van der Waals surface area contributed by atoms with Gasteiger partial charge in [0.05, 0.1) is 19.8 Å². The molecule has 0 aromatic heterocycles. The van der Waals surface area contributed by atoms with E-state index in [9.17, 15) is 4.79 Å². The smallest absolute Gasteiger partial charge is 0.332 e. The topological polar surface area (TPSA) is 54.0 Å². The van der Waals surface area contributed by atoms with Crippen LogP contribution < -0.4 is 0 Å². The Hall–Kier alpha value is -0.650. The van der Waals surface area contributed by atoms with Crippen molar-refractivity contribution in [3.8, 4) is 0 Å². The van der Waals surface area contributed by atoms with E-state index in [1.54, 1.807) is 0 Å². The number of carbonyl (C=O) groups is 1. The van der Waals surface area contributed by atoms with Gasteiger partial charge in [0.25, 0.3) is 0 Å². The van der Waals surface area contributed by atoms with E-state index in [1.807, 2.05) is 0 Å². The van der Waals surface area contributed by atoms with Gasteiger partial charge >= 0.3 is 5.97 Å². The van der Waals surface area contributed by atoms with Gasteiger partial charge in [-0.05, 0) is 12.8 Å². The Morgan fingerprint density at radius 2 is 1.26 bits per heavy atom. The van der Waals surface area contributed by atoms with Gasteiger partial charge in [0, 0.05) is 13.2 Å². The minimum Gasteiger partial charge on any atom is -0.462 e. The van der Waals surface area contributed by atoms with Crippen molar-refractivity contribution in [2.45, 2.75) is 39.5 Å². The van der Waals surface area contributed by atoms with Crippen LogP contribution in [-0.2, 0) is 23.7 Å². The first-order chi connectivity index (χ1) is 9.31. The lowest BCUT2D eigenvalue weighted by Gasteiger charge is -2.07. The summed E-state index contributed by atoms with van der Waals surface area (Å²) in [5.41, 5.74) is 0. The maximum Gasteiger partial charge on any atom is 0.332 e. The quantitative estimate of drug-likeness (QED) is 0.359. The number of carbonyl (C=O) groups excluding carboxylic acids is 1. The zero-order valence-electron chi connectivity index (χ0n) is 12.3. The SMILES string of the molecule is CCCCOCCOCC(=O)OCCOCCCC. The van der Waals surface area contributed by atoms with Crippen molar-refractivity contribution in [3.05, 3.63) is 0 Å². The maximum absolute atomic E-state index is 11.2. The molecule has 0 aliphatic rings. The van der Waals surface area contributed by atoms with Crippen molar-refractivity contribution in [1.29, 1.82) is 0 Å². The largest absolute Gasteiger partial charge is 0.462 e. The highest BCUT2D eigenvalue weighted by atomic mass is 16.6. The molecule has 0 spiro atoms. The van der Waals surface area contributed by atoms with Gasteiger partial charge in [0.2, 0.25) is 0 Å². The second-order valence-electron chi connectivity index (χ2n) is 4.20. The second-order valence-corrected chi connectivity index (χ2v) is 4.20. The highest BCUT2D eigenvalue weighted by molar-refractivity contribution is 5.70. The molecule has 0 saturated carbocycles. The first-order valence-corrected chi connectivity index (χ1v) is 7.20. The third-order valence-electron chi connectivity index (χ3n) is 2.37. The fraction of sp³-hybridized carbons (Fsp3) is 0.929. The molecule has 5 heteroatoms. The normalized spacial score (nSPS) is 10.6. The molecule has 114 valence electrons. The molecule has 0 bridgehead atoms. The summed E-state index contributed by atoms with van der Waals surface area (Å²) in [6, 6.07) is 0. The van der Waals surface area contributed by atoms with E-state index in [4.69, 9.17) is 18.9 Å². The predicted octanol–water partition coefficient (Wildman–Crippen LogP) is 2.18. The van der Waals surface area contributed by atoms with Crippen LogP contribution in [0.2, 0.25) is 0 Å². The molecule has 0 saturated heterocycles. The van der Waals surface area contributed by atoms with Crippen molar-refractivity contribution in [3.63, 3.8) is 0 Å². The number of esters is 1. The lowest BCUT2D eigenvalue weighted by molar-refractivity contribution is -0.151. The summed E-state index contributed by atoms with van der Waals surface area (Å²) in [6.45, 7) is 7.35. The summed E-state index contributed by atoms with van der Waals surface area (Å²) in [6.07, 6.45) is 4.32. The number of ether oxygens (including phenoxy) is 4. The Morgan fingerprint density at radius 1 is 0.737 bits per heavy atom. The molecular weight excluding hydrogens is 248 g/mol. The summed E-state index contributed by atoms with van der Waals surface area (Å²) in [7, 11) is 0. The number of unbranched alkanes of at least 4 members (excludes halogenated alkanes) is 2. The van der Waals surface area contributed by atoms with E-state index < -0.39 is 0 Å². The lowest BCUT2D eigenvalue weighted by Crippen LogP contribution is -2.17. The van der Waals surface area contributed by atoms with Crippen LogP contribution in [0.4, 0.5) is 0 Å². The summed E-state index contributed by atoms with van der Waals surface area (Å²) in [5, 5.41) is 0. The van der Waals surface area contributed by atoms with Crippen LogP contribution in [0.5, 0.6) is 0 Å². The third kappa shape index (κ3) is 15.3. The summed E-state index contributed by atoms with van der Waals surface area (Å²) >= 11 is 0. The molecule has 0 rings (SSSR count). The first-order valence-electron chi connectivity index (χ1n) is 7.20. The molecule has 0 unspecified atom stereocenters. The molecular formula is C14H28O5. The van der Waals surface area contributed by atoms with Gasteiger partial charge < -0.3 is 18.9 Å². The predicted molar refractivity (Wildman–Crippen MR) is 73.2 cm³/mol. The molecule has 0 aliphatic heterocycles. The van der Waals surface area contributed by atoms with Crippen molar-refractivity contribution in [1.82, 2.24) is 0 Å². The number of hydrogen-bond acceptors (Lipinski definition) is 5. The number of rotatable bonds is 14. The molecule has 0 amide bonds. The highest BCUT2D eigenvalue weighted by Gasteiger charge is 2.02. The Morgan fingerprint density at radius 3 is 1.84 bits per heavy atom. The molecule has 0 fully saturated rings. The van der Waals surface area contributed by atoms with Crippen LogP contribution in [0.3, 0.4) is 0 Å². The van der Waals surface area contributed by atoms with Gasteiger partial charge in [-0.25, -0.2) is 4.79 Å². The van der Waals surface area contributed by atoms with Crippen LogP contribution >= 0.6 is 0 Å². The summed E-state index contributed by atoms with van der Waals surface area (Å²) in [4.78, 5) is 11.2. The molecule has 19 heavy (non-hydrogen) atoms. The Bertz CT molecular complexity index is 196. The molecule has 0 radical (unpaired) electrons. The van der Waals surface area contributed by atoms with Crippen molar-refractivity contribution in [2.75, 3.05) is 46.2 Å². The Balaban J connectivity index is 3.13. The minimum absolute atomic E-state index is 0.0217. The van der Waals surface area contributed by atoms with Gasteiger partial charge in [0.15, 0.2) is 0 Å². The third-order valence-corrected chi connectivity index (χ3v) is 2.37. The zero-order chi connectivity index (χ0) is 14.2. The fourth-order valence-corrected chi connectivity index (χ4v) is 1.23. The maximum atomic E-state index is 11.2. The molecule has 0 aromatic carbocycles. The van der Waals surface area contributed by atoms with Crippen molar-refractivity contribution >= 4 is 5.97 Å². The monoisotopic (exact) mass is 276 g/mol. The van der Waals surface area contributed by atoms with E-state index in [1.165, 1.54) is 0 Å². The van der Waals surface area contributed by atoms with E-state index in [-0.39, 0.29) is 12.6 Å². The van der Waals surface area contributed by atoms with Gasteiger partial charge in [-0.1, -0.05) is 26.7 Å². The van der Waals surface area contributed by atoms with Crippen LogP contribution in [0.1, 0.15) is 39.5 Å². The van der Waals surface area contributed by atoms with E-state index in [2.05, 4.69) is 13.8 Å². The molecule has 0 aliphatic carbocycles. The van der Waals surface area contributed by atoms with E-state index >= 15 is 0 Å². The van der Waals surface area contributed by atoms with Crippen LogP contribution in [-0.4, -0.2) is 52.2 Å². The van der Waals surface area contributed by atoms with E-state index in [0.717, 1.165) is 38.9 Å². The molecule has 0 N–H and O–H groups in total. The Kier molecular flexibility index (Phi) is 14.9. The molecule has 5 nitrogen and oxygen atoms in total. The van der Waals surface area contributed by atoms with Crippen molar-refractivity contribution in [2.24, 2.45) is 0 Å². The van der Waals surface area contributed by atoms with Gasteiger partial charge in [-0.2, -0.15) is 0 Å². The first kappa shape index (κ1) is 18.4. The van der Waals surface area contributed by atoms with Gasteiger partial charge in [-0.15, -0.1) is 0 Å². The van der Waals surface area contributed by atoms with Gasteiger partial charge in [0.1, 0.15) is 13.2 Å². The standard InChI is InChI=1S/C14H28O5/c1-3-5-7-16-9-10-18-13-14(15)19-12-11-17-8-6-4-2/h3-13H2,1-2H3. The van der Waals surface area contributed by atoms with Gasteiger partial charge in [-0.3, -0.25) is 0 Å². The number of hydrogen-bond donors (Lipinski definition) is 0. The molecule has 0 heterocycles. The van der Waals surface area contributed by atoms with Crippen LogP contribution in [0, 0.1) is 0 Å². The fourth-order valence-electron chi connectivity index (χ4n) is 1.23. The second kappa shape index (κ2) is 15.4.